The molecule has 0 unspecified atom stereocenters. The van der Waals surface area contributed by atoms with Crippen molar-refractivity contribution in [1.82, 2.24) is 10.2 Å². The number of amides is 2. The predicted molar refractivity (Wildman–Crippen MR) is 134 cm³/mol. The molecule has 1 N–H and O–H groups in total. The van der Waals surface area contributed by atoms with Gasteiger partial charge in [0, 0.05) is 18.7 Å². The van der Waals surface area contributed by atoms with Crippen LogP contribution in [0.3, 0.4) is 0 Å². The summed E-state index contributed by atoms with van der Waals surface area (Å²) in [6.45, 7) is 6.78. The molecule has 35 heavy (non-hydrogen) atoms. The van der Waals surface area contributed by atoms with E-state index in [2.05, 4.69) is 5.32 Å². The minimum Gasteiger partial charge on any atom is -0.454 e. The molecule has 3 rings (SSSR count). The van der Waals surface area contributed by atoms with Crippen molar-refractivity contribution in [3.05, 3.63) is 54.1 Å². The molecule has 2 aromatic rings. The van der Waals surface area contributed by atoms with E-state index < -0.39 is 28.5 Å². The lowest BCUT2D eigenvalue weighted by Gasteiger charge is -2.32. The summed E-state index contributed by atoms with van der Waals surface area (Å²) in [5.41, 5.74) is 1.12. The highest BCUT2D eigenvalue weighted by Gasteiger charge is 2.32. The van der Waals surface area contributed by atoms with E-state index in [1.54, 1.807) is 25.1 Å². The standard InChI is InChI=1S/C25H33N3O6S/c1-5-18(3)26-25(30)19(4)27(15-20-10-8-7-9-11-20)24(29)16-28(35(31,32)6-2)21-12-13-22-23(14-21)34-17-33-22/h7-14,18-19H,5-6,15-17H2,1-4H3,(H,26,30)/t18-,19+/m1/s1. The molecule has 190 valence electrons. The second-order valence-corrected chi connectivity index (χ2v) is 10.6. The number of nitrogens with zero attached hydrogens (tertiary/aromatic N) is 2. The van der Waals surface area contributed by atoms with E-state index in [-0.39, 0.29) is 31.0 Å². The zero-order chi connectivity index (χ0) is 25.6. The number of carbonyl (C=O) groups is 2. The third-order valence-corrected chi connectivity index (χ3v) is 7.73. The van der Waals surface area contributed by atoms with Crippen molar-refractivity contribution < 1.29 is 27.5 Å². The van der Waals surface area contributed by atoms with Crippen LogP contribution in [0.25, 0.3) is 0 Å². The first-order valence-corrected chi connectivity index (χ1v) is 13.3. The Bertz CT molecular complexity index is 1140. The molecule has 9 nitrogen and oxygen atoms in total. The van der Waals surface area contributed by atoms with Gasteiger partial charge in [-0.1, -0.05) is 37.3 Å². The molecule has 0 fully saturated rings. The van der Waals surface area contributed by atoms with Crippen molar-refractivity contribution in [2.24, 2.45) is 0 Å². The first-order chi connectivity index (χ1) is 16.7. The van der Waals surface area contributed by atoms with Gasteiger partial charge in [0.2, 0.25) is 28.6 Å². The van der Waals surface area contributed by atoms with Gasteiger partial charge in [-0.05, 0) is 44.9 Å². The third kappa shape index (κ3) is 6.45. The van der Waals surface area contributed by atoms with Gasteiger partial charge in [-0.15, -0.1) is 0 Å². The number of ether oxygens (including phenoxy) is 2. The third-order valence-electron chi connectivity index (χ3n) is 5.99. The maximum Gasteiger partial charge on any atom is 0.244 e. The summed E-state index contributed by atoms with van der Waals surface area (Å²) in [5.74, 6) is -0.0621. The Kier molecular flexibility index (Phi) is 8.61. The Hall–Kier alpha value is -3.27. The largest absolute Gasteiger partial charge is 0.454 e. The number of rotatable bonds is 11. The first kappa shape index (κ1) is 26.3. The normalized spacial score (nSPS) is 14.2. The number of sulfonamides is 1. The Morgan fingerprint density at radius 3 is 2.37 bits per heavy atom. The molecule has 10 heteroatoms. The van der Waals surface area contributed by atoms with E-state index in [9.17, 15) is 18.0 Å². The Labute approximate surface area is 207 Å². The number of hydrogen-bond donors (Lipinski definition) is 1. The van der Waals surface area contributed by atoms with E-state index in [4.69, 9.17) is 9.47 Å². The summed E-state index contributed by atoms with van der Waals surface area (Å²) in [7, 11) is -3.81. The molecule has 1 aliphatic heterocycles. The van der Waals surface area contributed by atoms with Crippen LogP contribution >= 0.6 is 0 Å². The van der Waals surface area contributed by atoms with Crippen LogP contribution < -0.4 is 19.1 Å². The fraction of sp³-hybridized carbons (Fsp3) is 0.440. The second kappa shape index (κ2) is 11.4. The summed E-state index contributed by atoms with van der Waals surface area (Å²) in [4.78, 5) is 27.9. The van der Waals surface area contributed by atoms with Gasteiger partial charge >= 0.3 is 0 Å². The predicted octanol–water partition coefficient (Wildman–Crippen LogP) is 2.90. The SMILES string of the molecule is CC[C@@H](C)NC(=O)[C@H](C)N(Cc1ccccc1)C(=O)CN(c1ccc2c(c1)OCO2)S(=O)(=O)CC. The van der Waals surface area contributed by atoms with Gasteiger partial charge in [0.15, 0.2) is 11.5 Å². The van der Waals surface area contributed by atoms with Gasteiger partial charge in [-0.25, -0.2) is 8.42 Å². The highest BCUT2D eigenvalue weighted by Crippen LogP contribution is 2.36. The Morgan fingerprint density at radius 1 is 1.03 bits per heavy atom. The van der Waals surface area contributed by atoms with E-state index in [1.165, 1.54) is 11.8 Å². The lowest BCUT2D eigenvalue weighted by Crippen LogP contribution is -2.52. The van der Waals surface area contributed by atoms with Crippen LogP contribution in [0, 0.1) is 0 Å². The van der Waals surface area contributed by atoms with Gasteiger partial charge in [-0.3, -0.25) is 13.9 Å². The lowest BCUT2D eigenvalue weighted by molar-refractivity contribution is -0.139. The molecule has 2 atom stereocenters. The summed E-state index contributed by atoms with van der Waals surface area (Å²) in [6.07, 6.45) is 0.748. The van der Waals surface area contributed by atoms with Gasteiger partial charge in [0.1, 0.15) is 12.6 Å². The molecule has 0 saturated heterocycles. The van der Waals surface area contributed by atoms with Gasteiger partial charge in [0.05, 0.1) is 11.4 Å². The number of nitrogens with one attached hydrogen (secondary N) is 1. The molecule has 0 aromatic heterocycles. The molecule has 0 bridgehead atoms. The smallest absolute Gasteiger partial charge is 0.244 e. The maximum absolute atomic E-state index is 13.6. The fourth-order valence-electron chi connectivity index (χ4n) is 3.59. The molecule has 0 radical (unpaired) electrons. The summed E-state index contributed by atoms with van der Waals surface area (Å²) >= 11 is 0. The number of fused-ring (bicyclic) bond motifs is 1. The van der Waals surface area contributed by atoms with Crippen LogP contribution in [0.5, 0.6) is 11.5 Å². The molecule has 0 spiro atoms. The summed E-state index contributed by atoms with van der Waals surface area (Å²) in [5, 5.41) is 2.91. The Balaban J connectivity index is 1.92. The highest BCUT2D eigenvalue weighted by atomic mass is 32.2. The maximum atomic E-state index is 13.6. The van der Waals surface area contributed by atoms with Crippen molar-refractivity contribution in [3.8, 4) is 11.5 Å². The average molecular weight is 504 g/mol. The number of hydrogen-bond acceptors (Lipinski definition) is 6. The van der Waals surface area contributed by atoms with Crippen molar-refractivity contribution in [3.63, 3.8) is 0 Å². The molecule has 2 aromatic carbocycles. The zero-order valence-corrected chi connectivity index (χ0v) is 21.4. The Morgan fingerprint density at radius 2 is 1.71 bits per heavy atom. The lowest BCUT2D eigenvalue weighted by atomic mass is 10.1. The average Bonchev–Trinajstić information content (AvgIpc) is 3.33. The monoisotopic (exact) mass is 503 g/mol. The van der Waals surface area contributed by atoms with Crippen LogP contribution in [0.4, 0.5) is 5.69 Å². The molecule has 2 amide bonds. The minimum atomic E-state index is -3.81. The molecule has 0 aliphatic carbocycles. The van der Waals surface area contributed by atoms with Crippen LogP contribution in [0.15, 0.2) is 48.5 Å². The van der Waals surface area contributed by atoms with Crippen molar-refractivity contribution in [2.75, 3.05) is 23.4 Å². The second-order valence-electron chi connectivity index (χ2n) is 8.45. The zero-order valence-electron chi connectivity index (χ0n) is 20.6. The molecular weight excluding hydrogens is 470 g/mol. The first-order valence-electron chi connectivity index (χ1n) is 11.7. The minimum absolute atomic E-state index is 0.0475. The molecule has 1 heterocycles. The molecule has 1 aliphatic rings. The van der Waals surface area contributed by atoms with E-state index >= 15 is 0 Å². The summed E-state index contributed by atoms with van der Waals surface area (Å²) in [6, 6.07) is 13.2. The van der Waals surface area contributed by atoms with Crippen LogP contribution in [0.1, 0.15) is 39.7 Å². The van der Waals surface area contributed by atoms with Gasteiger partial charge in [-0.2, -0.15) is 0 Å². The van der Waals surface area contributed by atoms with Crippen molar-refractivity contribution in [2.45, 2.75) is 52.7 Å². The summed E-state index contributed by atoms with van der Waals surface area (Å²) < 4.78 is 37.8. The quantitative estimate of drug-likeness (QED) is 0.506. The molecule has 0 saturated carbocycles. The molecular formula is C25H33N3O6S. The highest BCUT2D eigenvalue weighted by molar-refractivity contribution is 7.92. The number of anilines is 1. The van der Waals surface area contributed by atoms with Crippen LogP contribution in [-0.4, -0.2) is 56.3 Å². The fourth-order valence-corrected chi connectivity index (χ4v) is 4.64. The van der Waals surface area contributed by atoms with Crippen LogP contribution in [0.2, 0.25) is 0 Å². The van der Waals surface area contributed by atoms with Crippen LogP contribution in [-0.2, 0) is 26.2 Å². The van der Waals surface area contributed by atoms with Crippen molar-refractivity contribution >= 4 is 27.5 Å². The van der Waals surface area contributed by atoms with E-state index in [0.717, 1.165) is 16.3 Å². The number of carbonyl (C=O) groups excluding carboxylic acids is 2. The van der Waals surface area contributed by atoms with Gasteiger partial charge in [0.25, 0.3) is 0 Å². The topological polar surface area (TPSA) is 105 Å². The van der Waals surface area contributed by atoms with E-state index in [0.29, 0.717) is 17.2 Å². The number of benzene rings is 2. The van der Waals surface area contributed by atoms with Crippen molar-refractivity contribution in [1.29, 1.82) is 0 Å². The van der Waals surface area contributed by atoms with Gasteiger partial charge < -0.3 is 19.7 Å². The van der Waals surface area contributed by atoms with E-state index in [1.807, 2.05) is 44.2 Å².